The first-order valence-corrected chi connectivity index (χ1v) is 6.51. The number of ether oxygens (including phenoxy) is 1. The molecule has 0 bridgehead atoms. The van der Waals surface area contributed by atoms with Crippen molar-refractivity contribution in [3.63, 3.8) is 0 Å². The van der Waals surface area contributed by atoms with Gasteiger partial charge < -0.3 is 10.1 Å². The molecule has 2 rings (SSSR count). The highest BCUT2D eigenvalue weighted by atomic mass is 127. The molecule has 1 N–H and O–H groups in total. The van der Waals surface area contributed by atoms with E-state index in [4.69, 9.17) is 16.3 Å². The van der Waals surface area contributed by atoms with Gasteiger partial charge in [0, 0.05) is 26.9 Å². The largest absolute Gasteiger partial charge is 0.379 e. The highest BCUT2D eigenvalue weighted by molar-refractivity contribution is 14.1. The Labute approximate surface area is 108 Å². The molecule has 1 aliphatic heterocycles. The number of nitrogens with one attached hydrogen (secondary N) is 1. The Hall–Kier alpha value is -0.000000000000000111. The maximum absolute atomic E-state index is 5.90. The van der Waals surface area contributed by atoms with Crippen LogP contribution in [0.5, 0.6) is 0 Å². The van der Waals surface area contributed by atoms with Gasteiger partial charge in [0.15, 0.2) is 0 Å². The van der Waals surface area contributed by atoms with Crippen molar-refractivity contribution in [2.24, 2.45) is 0 Å². The molecule has 1 fully saturated rings. The lowest BCUT2D eigenvalue weighted by molar-refractivity contribution is 0.0876. The van der Waals surface area contributed by atoms with Crippen LogP contribution in [-0.2, 0) is 4.74 Å². The second-order valence-electron chi connectivity index (χ2n) is 3.68. The molecule has 0 saturated carbocycles. The Morgan fingerprint density at radius 1 is 1.47 bits per heavy atom. The number of hydrogen-bond acceptors (Lipinski definition) is 2. The summed E-state index contributed by atoms with van der Waals surface area (Å²) in [7, 11) is 0. The van der Waals surface area contributed by atoms with Gasteiger partial charge in [-0.25, -0.2) is 0 Å². The standard InChI is InChI=1S/C11H13ClINO/c12-8-3-4-11(10(13)6-8)14-9-2-1-5-15-7-9/h3-4,6,9,14H,1-2,5,7H2. The molecule has 1 saturated heterocycles. The minimum absolute atomic E-state index is 0.438. The fraction of sp³-hybridized carbons (Fsp3) is 0.455. The third-order valence-electron chi connectivity index (χ3n) is 2.45. The fourth-order valence-electron chi connectivity index (χ4n) is 1.68. The minimum Gasteiger partial charge on any atom is -0.379 e. The summed E-state index contributed by atoms with van der Waals surface area (Å²) < 4.78 is 6.58. The smallest absolute Gasteiger partial charge is 0.0667 e. The van der Waals surface area contributed by atoms with E-state index in [0.29, 0.717) is 6.04 Å². The number of halogens is 2. The van der Waals surface area contributed by atoms with Gasteiger partial charge in [-0.05, 0) is 53.6 Å². The fourth-order valence-corrected chi connectivity index (χ4v) is 2.71. The second kappa shape index (κ2) is 5.37. The normalized spacial score (nSPS) is 21.3. The van der Waals surface area contributed by atoms with E-state index in [2.05, 4.69) is 27.9 Å². The summed E-state index contributed by atoms with van der Waals surface area (Å²) in [6.07, 6.45) is 2.32. The molecular weight excluding hydrogens is 324 g/mol. The Balaban J connectivity index is 2.03. The molecular formula is C11H13ClINO. The van der Waals surface area contributed by atoms with E-state index >= 15 is 0 Å². The average Bonchev–Trinajstić information content (AvgIpc) is 2.24. The van der Waals surface area contributed by atoms with Crippen molar-refractivity contribution in [3.05, 3.63) is 26.8 Å². The van der Waals surface area contributed by atoms with E-state index < -0.39 is 0 Å². The van der Waals surface area contributed by atoms with E-state index in [-0.39, 0.29) is 0 Å². The van der Waals surface area contributed by atoms with Gasteiger partial charge in [0.2, 0.25) is 0 Å². The molecule has 1 heterocycles. The van der Waals surface area contributed by atoms with Crippen molar-refractivity contribution in [2.45, 2.75) is 18.9 Å². The quantitative estimate of drug-likeness (QED) is 0.834. The van der Waals surface area contributed by atoms with Gasteiger partial charge in [-0.1, -0.05) is 11.6 Å². The zero-order valence-corrected chi connectivity index (χ0v) is 11.2. The molecule has 1 aromatic carbocycles. The SMILES string of the molecule is Clc1ccc(NC2CCCOC2)c(I)c1. The summed E-state index contributed by atoms with van der Waals surface area (Å²) in [6.45, 7) is 1.70. The summed E-state index contributed by atoms with van der Waals surface area (Å²) in [5, 5.41) is 4.27. The summed E-state index contributed by atoms with van der Waals surface area (Å²) in [4.78, 5) is 0. The van der Waals surface area contributed by atoms with Crippen molar-refractivity contribution in [1.29, 1.82) is 0 Å². The van der Waals surface area contributed by atoms with E-state index in [1.165, 1.54) is 6.42 Å². The van der Waals surface area contributed by atoms with E-state index in [0.717, 1.165) is 33.9 Å². The van der Waals surface area contributed by atoms with Crippen LogP contribution >= 0.6 is 34.2 Å². The monoisotopic (exact) mass is 337 g/mol. The molecule has 0 aromatic heterocycles. The minimum atomic E-state index is 0.438. The van der Waals surface area contributed by atoms with Gasteiger partial charge in [0.05, 0.1) is 6.61 Å². The summed E-state index contributed by atoms with van der Waals surface area (Å²) in [5.41, 5.74) is 1.15. The number of rotatable bonds is 2. The number of benzene rings is 1. The topological polar surface area (TPSA) is 21.3 Å². The third-order valence-corrected chi connectivity index (χ3v) is 3.58. The molecule has 0 amide bonds. The Morgan fingerprint density at radius 2 is 2.33 bits per heavy atom. The molecule has 4 heteroatoms. The molecule has 1 aromatic rings. The predicted molar refractivity (Wildman–Crippen MR) is 71.6 cm³/mol. The third kappa shape index (κ3) is 3.23. The van der Waals surface area contributed by atoms with Crippen molar-refractivity contribution in [1.82, 2.24) is 0 Å². The van der Waals surface area contributed by atoms with E-state index in [1.54, 1.807) is 0 Å². The summed E-state index contributed by atoms with van der Waals surface area (Å²) >= 11 is 8.20. The molecule has 0 aliphatic carbocycles. The first-order chi connectivity index (χ1) is 7.25. The van der Waals surface area contributed by atoms with E-state index in [9.17, 15) is 0 Å². The second-order valence-corrected chi connectivity index (χ2v) is 5.28. The Kier molecular flexibility index (Phi) is 4.11. The van der Waals surface area contributed by atoms with Crippen molar-refractivity contribution >= 4 is 39.9 Å². The molecule has 1 aliphatic rings. The molecule has 15 heavy (non-hydrogen) atoms. The van der Waals surface area contributed by atoms with Gasteiger partial charge in [-0.2, -0.15) is 0 Å². The molecule has 0 spiro atoms. The highest BCUT2D eigenvalue weighted by Crippen LogP contribution is 2.24. The first-order valence-electron chi connectivity index (χ1n) is 5.05. The van der Waals surface area contributed by atoms with Crippen LogP contribution < -0.4 is 5.32 Å². The molecule has 1 unspecified atom stereocenters. The lowest BCUT2D eigenvalue weighted by atomic mass is 10.1. The average molecular weight is 338 g/mol. The maximum Gasteiger partial charge on any atom is 0.0667 e. The Morgan fingerprint density at radius 3 is 3.00 bits per heavy atom. The van der Waals surface area contributed by atoms with Crippen LogP contribution in [0.15, 0.2) is 18.2 Å². The van der Waals surface area contributed by atoms with Crippen LogP contribution in [0, 0.1) is 3.57 Å². The highest BCUT2D eigenvalue weighted by Gasteiger charge is 2.14. The van der Waals surface area contributed by atoms with Crippen LogP contribution in [0.25, 0.3) is 0 Å². The lowest BCUT2D eigenvalue weighted by Gasteiger charge is -2.24. The maximum atomic E-state index is 5.90. The van der Waals surface area contributed by atoms with Gasteiger partial charge in [0.1, 0.15) is 0 Å². The first kappa shape index (κ1) is 11.5. The van der Waals surface area contributed by atoms with Gasteiger partial charge in [-0.15, -0.1) is 0 Å². The van der Waals surface area contributed by atoms with Crippen molar-refractivity contribution in [3.8, 4) is 0 Å². The van der Waals surface area contributed by atoms with E-state index in [1.807, 2.05) is 18.2 Å². The molecule has 82 valence electrons. The predicted octanol–water partition coefficient (Wildman–Crippen LogP) is 3.54. The number of hydrogen-bond donors (Lipinski definition) is 1. The van der Waals surface area contributed by atoms with Crippen LogP contribution in [0.4, 0.5) is 5.69 Å². The van der Waals surface area contributed by atoms with Crippen LogP contribution in [-0.4, -0.2) is 19.3 Å². The molecule has 0 radical (unpaired) electrons. The Bertz CT molecular complexity index is 339. The zero-order valence-electron chi connectivity index (χ0n) is 8.30. The number of anilines is 1. The van der Waals surface area contributed by atoms with Crippen LogP contribution in [0.2, 0.25) is 5.02 Å². The van der Waals surface area contributed by atoms with Crippen molar-refractivity contribution < 1.29 is 4.74 Å². The van der Waals surface area contributed by atoms with Gasteiger partial charge >= 0.3 is 0 Å². The van der Waals surface area contributed by atoms with Crippen molar-refractivity contribution in [2.75, 3.05) is 18.5 Å². The van der Waals surface area contributed by atoms with Crippen LogP contribution in [0.1, 0.15) is 12.8 Å². The lowest BCUT2D eigenvalue weighted by Crippen LogP contribution is -2.30. The summed E-state index contributed by atoms with van der Waals surface area (Å²) in [6, 6.07) is 6.34. The molecule has 2 nitrogen and oxygen atoms in total. The molecule has 1 atom stereocenters. The van der Waals surface area contributed by atoms with Crippen LogP contribution in [0.3, 0.4) is 0 Å². The zero-order chi connectivity index (χ0) is 10.7. The van der Waals surface area contributed by atoms with Gasteiger partial charge in [-0.3, -0.25) is 0 Å². The summed E-state index contributed by atoms with van der Waals surface area (Å²) in [5.74, 6) is 0. The van der Waals surface area contributed by atoms with Gasteiger partial charge in [0.25, 0.3) is 0 Å².